The summed E-state index contributed by atoms with van der Waals surface area (Å²) in [7, 11) is 1.65. The molecule has 2 aromatic carbocycles. The van der Waals surface area contributed by atoms with E-state index in [0.717, 1.165) is 22.7 Å². The Morgan fingerprint density at radius 2 is 1.96 bits per heavy atom. The Kier molecular flexibility index (Phi) is 6.33. The van der Waals surface area contributed by atoms with Gasteiger partial charge in [-0.15, -0.1) is 0 Å². The number of nitriles is 1. The van der Waals surface area contributed by atoms with Crippen LogP contribution in [0.15, 0.2) is 53.5 Å². The molecule has 0 aliphatic heterocycles. The smallest absolute Gasteiger partial charge is 0.183 e. The summed E-state index contributed by atoms with van der Waals surface area (Å²) in [5.41, 5.74) is 2.84. The minimum absolute atomic E-state index is 0.561. The van der Waals surface area contributed by atoms with Crippen LogP contribution in [-0.4, -0.2) is 18.5 Å². The van der Waals surface area contributed by atoms with E-state index in [-0.39, 0.29) is 0 Å². The lowest BCUT2D eigenvalue weighted by Gasteiger charge is -2.10. The minimum atomic E-state index is 0.561. The Morgan fingerprint density at radius 1 is 1.22 bits per heavy atom. The first-order chi connectivity index (χ1) is 11.3. The third kappa shape index (κ3) is 4.94. The fourth-order valence-electron chi connectivity index (χ4n) is 1.94. The van der Waals surface area contributed by atoms with Crippen LogP contribution in [0.1, 0.15) is 5.56 Å². The Labute approximate surface area is 140 Å². The highest BCUT2D eigenvalue weighted by atomic mass is 32.2. The van der Waals surface area contributed by atoms with Crippen molar-refractivity contribution < 1.29 is 4.74 Å². The zero-order valence-electron chi connectivity index (χ0n) is 13.0. The van der Waals surface area contributed by atoms with Crippen LogP contribution in [0.25, 0.3) is 0 Å². The average Bonchev–Trinajstić information content (AvgIpc) is 2.61. The zero-order valence-corrected chi connectivity index (χ0v) is 13.9. The number of anilines is 1. The van der Waals surface area contributed by atoms with Gasteiger partial charge >= 0.3 is 0 Å². The van der Waals surface area contributed by atoms with Gasteiger partial charge in [0.05, 0.1) is 18.5 Å². The van der Waals surface area contributed by atoms with Crippen molar-refractivity contribution in [2.75, 3.05) is 18.7 Å². The maximum Gasteiger partial charge on any atom is 0.183 e. The highest BCUT2D eigenvalue weighted by Gasteiger charge is 2.03. The van der Waals surface area contributed by atoms with Crippen molar-refractivity contribution in [2.24, 2.45) is 4.99 Å². The SMILES string of the molecule is COc1ccc(CNc2ccccc2N=C(NC#N)SC)cc1. The summed E-state index contributed by atoms with van der Waals surface area (Å²) in [5.74, 6) is 0.839. The molecule has 0 aliphatic rings. The second-order valence-electron chi connectivity index (χ2n) is 4.58. The Balaban J connectivity index is 2.12. The topological polar surface area (TPSA) is 69.4 Å². The number of nitrogens with one attached hydrogen (secondary N) is 2. The number of rotatable bonds is 5. The molecule has 0 heterocycles. The number of benzene rings is 2. The summed E-state index contributed by atoms with van der Waals surface area (Å²) in [6.07, 6.45) is 3.76. The summed E-state index contributed by atoms with van der Waals surface area (Å²) in [6.45, 7) is 0.677. The van der Waals surface area contributed by atoms with Crippen molar-refractivity contribution in [1.82, 2.24) is 5.32 Å². The first kappa shape index (κ1) is 16.7. The molecule has 0 saturated heterocycles. The van der Waals surface area contributed by atoms with Crippen molar-refractivity contribution in [3.63, 3.8) is 0 Å². The van der Waals surface area contributed by atoms with E-state index in [4.69, 9.17) is 10.00 Å². The molecule has 0 spiro atoms. The summed E-state index contributed by atoms with van der Waals surface area (Å²) < 4.78 is 5.16. The molecule has 0 aromatic heterocycles. The number of hydrogen-bond acceptors (Lipinski definition) is 5. The molecule has 0 unspecified atom stereocenters. The molecule has 6 heteroatoms. The van der Waals surface area contributed by atoms with Crippen molar-refractivity contribution in [1.29, 1.82) is 5.26 Å². The van der Waals surface area contributed by atoms with E-state index in [2.05, 4.69) is 15.6 Å². The molecule has 0 fully saturated rings. The molecule has 0 aliphatic carbocycles. The van der Waals surface area contributed by atoms with Crippen molar-refractivity contribution in [2.45, 2.75) is 6.54 Å². The van der Waals surface area contributed by atoms with Gasteiger partial charge < -0.3 is 10.1 Å². The van der Waals surface area contributed by atoms with Gasteiger partial charge in [0.2, 0.25) is 0 Å². The lowest BCUT2D eigenvalue weighted by molar-refractivity contribution is 0.414. The first-order valence-electron chi connectivity index (χ1n) is 7.00. The van der Waals surface area contributed by atoms with E-state index < -0.39 is 0 Å². The van der Waals surface area contributed by atoms with Crippen LogP contribution >= 0.6 is 11.8 Å². The van der Waals surface area contributed by atoms with E-state index in [1.165, 1.54) is 11.8 Å². The number of amidine groups is 1. The maximum atomic E-state index is 8.73. The minimum Gasteiger partial charge on any atom is -0.497 e. The van der Waals surface area contributed by atoms with Crippen LogP contribution in [0.5, 0.6) is 5.75 Å². The van der Waals surface area contributed by atoms with Gasteiger partial charge in [-0.25, -0.2) is 4.99 Å². The molecule has 2 N–H and O–H groups in total. The molecule has 2 rings (SSSR count). The van der Waals surface area contributed by atoms with Gasteiger partial charge in [-0.05, 0) is 36.1 Å². The number of ether oxygens (including phenoxy) is 1. The normalized spacial score (nSPS) is 10.7. The van der Waals surface area contributed by atoms with E-state index in [1.807, 2.05) is 61.0 Å². The molecule has 0 amide bonds. The van der Waals surface area contributed by atoms with E-state index >= 15 is 0 Å². The lowest BCUT2D eigenvalue weighted by atomic mass is 10.2. The third-order valence-electron chi connectivity index (χ3n) is 3.12. The summed E-state index contributed by atoms with van der Waals surface area (Å²) >= 11 is 1.39. The highest BCUT2D eigenvalue weighted by Crippen LogP contribution is 2.26. The monoisotopic (exact) mass is 326 g/mol. The standard InChI is InChI=1S/C17H18N4OS/c1-22-14-9-7-13(8-10-14)11-19-15-5-3-4-6-16(15)21-17(23-2)20-12-18/h3-10,19H,11H2,1-2H3,(H,20,21). The van der Waals surface area contributed by atoms with Gasteiger partial charge in [0.25, 0.3) is 0 Å². The summed E-state index contributed by atoms with van der Waals surface area (Å²) in [5, 5.41) is 15.2. The fourth-order valence-corrected chi connectivity index (χ4v) is 2.28. The van der Waals surface area contributed by atoms with Crippen LogP contribution < -0.4 is 15.4 Å². The van der Waals surface area contributed by atoms with Gasteiger partial charge in [0, 0.05) is 6.54 Å². The number of methoxy groups -OCH3 is 1. The van der Waals surface area contributed by atoms with Crippen molar-refractivity contribution >= 4 is 28.3 Å². The van der Waals surface area contributed by atoms with Crippen molar-refractivity contribution in [3.8, 4) is 11.9 Å². The van der Waals surface area contributed by atoms with Crippen LogP contribution in [0.3, 0.4) is 0 Å². The number of thioether (sulfide) groups is 1. The molecule has 0 bridgehead atoms. The lowest BCUT2D eigenvalue weighted by Crippen LogP contribution is -2.12. The molecule has 2 aromatic rings. The molecule has 5 nitrogen and oxygen atoms in total. The molecule has 23 heavy (non-hydrogen) atoms. The quantitative estimate of drug-likeness (QED) is 0.379. The van der Waals surface area contributed by atoms with Crippen LogP contribution in [0, 0.1) is 11.5 Å². The van der Waals surface area contributed by atoms with Gasteiger partial charge in [0.1, 0.15) is 5.75 Å². The molecule has 0 atom stereocenters. The molecular weight excluding hydrogens is 308 g/mol. The number of aliphatic imine (C=N–C) groups is 1. The largest absolute Gasteiger partial charge is 0.497 e. The Hall–Kier alpha value is -2.65. The number of para-hydroxylation sites is 2. The van der Waals surface area contributed by atoms with E-state index in [9.17, 15) is 0 Å². The molecule has 0 saturated carbocycles. The molecule has 0 radical (unpaired) electrons. The highest BCUT2D eigenvalue weighted by molar-refractivity contribution is 8.13. The van der Waals surface area contributed by atoms with Crippen molar-refractivity contribution in [3.05, 3.63) is 54.1 Å². The van der Waals surface area contributed by atoms with Crippen LogP contribution in [-0.2, 0) is 6.54 Å². The second kappa shape index (κ2) is 8.71. The van der Waals surface area contributed by atoms with E-state index in [1.54, 1.807) is 7.11 Å². The number of hydrogen-bond donors (Lipinski definition) is 2. The predicted octanol–water partition coefficient (Wildman–Crippen LogP) is 3.73. The predicted molar refractivity (Wildman–Crippen MR) is 96.1 cm³/mol. The van der Waals surface area contributed by atoms with Gasteiger partial charge in [-0.2, -0.15) is 5.26 Å². The zero-order chi connectivity index (χ0) is 16.5. The van der Waals surface area contributed by atoms with Gasteiger partial charge in [0.15, 0.2) is 11.4 Å². The fraction of sp³-hybridized carbons (Fsp3) is 0.176. The van der Waals surface area contributed by atoms with Gasteiger partial charge in [-0.1, -0.05) is 36.0 Å². The van der Waals surface area contributed by atoms with Crippen LogP contribution in [0.2, 0.25) is 0 Å². The average molecular weight is 326 g/mol. The van der Waals surface area contributed by atoms with E-state index in [0.29, 0.717) is 11.7 Å². The summed E-state index contributed by atoms with van der Waals surface area (Å²) in [6, 6.07) is 15.6. The second-order valence-corrected chi connectivity index (χ2v) is 5.37. The summed E-state index contributed by atoms with van der Waals surface area (Å²) in [4.78, 5) is 4.47. The van der Waals surface area contributed by atoms with Gasteiger partial charge in [-0.3, -0.25) is 5.32 Å². The first-order valence-corrected chi connectivity index (χ1v) is 8.23. The van der Waals surface area contributed by atoms with Crippen LogP contribution in [0.4, 0.5) is 11.4 Å². The molecule has 118 valence electrons. The maximum absolute atomic E-state index is 8.73. The third-order valence-corrected chi connectivity index (χ3v) is 3.70. The number of nitrogens with zero attached hydrogens (tertiary/aromatic N) is 2. The Morgan fingerprint density at radius 3 is 2.61 bits per heavy atom. The Bertz CT molecular complexity index is 707. The molecular formula is C17H18N4OS.